The summed E-state index contributed by atoms with van der Waals surface area (Å²) in [7, 11) is 0. The molecular weight excluding hydrogens is 240 g/mol. The van der Waals surface area contributed by atoms with Crippen LogP contribution in [0.3, 0.4) is 0 Å². The molecule has 1 saturated carbocycles. The summed E-state index contributed by atoms with van der Waals surface area (Å²) in [6.45, 7) is 0.291. The third kappa shape index (κ3) is 4.24. The first-order valence-electron chi connectivity index (χ1n) is 6.99. The van der Waals surface area contributed by atoms with Crippen molar-refractivity contribution in [3.05, 3.63) is 35.9 Å². The van der Waals surface area contributed by atoms with Gasteiger partial charge in [-0.1, -0.05) is 30.3 Å². The highest BCUT2D eigenvalue weighted by Gasteiger charge is 2.23. The highest BCUT2D eigenvalue weighted by atomic mass is 16.3. The Morgan fingerprint density at radius 1 is 1.16 bits per heavy atom. The van der Waals surface area contributed by atoms with Crippen LogP contribution in [0.15, 0.2) is 30.3 Å². The van der Waals surface area contributed by atoms with E-state index in [9.17, 15) is 4.79 Å². The Morgan fingerprint density at radius 3 is 2.47 bits per heavy atom. The van der Waals surface area contributed by atoms with Crippen LogP contribution in [0, 0.1) is 0 Å². The standard InChI is InChI=1S/C15H22N2O2/c18-11-10-16-15(19)17-14-8-6-13(7-9-14)12-4-2-1-3-5-12/h1-5,13-14,18H,6-11H2,(H2,16,17,19). The summed E-state index contributed by atoms with van der Waals surface area (Å²) < 4.78 is 0. The molecule has 4 nitrogen and oxygen atoms in total. The molecule has 0 bridgehead atoms. The van der Waals surface area contributed by atoms with E-state index < -0.39 is 0 Å². The average molecular weight is 262 g/mol. The molecule has 0 spiro atoms. The Morgan fingerprint density at radius 2 is 1.84 bits per heavy atom. The fourth-order valence-electron chi connectivity index (χ4n) is 2.70. The summed E-state index contributed by atoms with van der Waals surface area (Å²) >= 11 is 0. The van der Waals surface area contributed by atoms with Crippen molar-refractivity contribution in [3.8, 4) is 0 Å². The zero-order chi connectivity index (χ0) is 13.5. The van der Waals surface area contributed by atoms with E-state index in [1.807, 2.05) is 6.07 Å². The molecule has 1 aliphatic rings. The highest BCUT2D eigenvalue weighted by molar-refractivity contribution is 5.74. The number of urea groups is 1. The Labute approximate surface area is 114 Å². The van der Waals surface area contributed by atoms with Gasteiger partial charge in [-0.15, -0.1) is 0 Å². The van der Waals surface area contributed by atoms with Gasteiger partial charge in [0.1, 0.15) is 0 Å². The van der Waals surface area contributed by atoms with Gasteiger partial charge in [-0.25, -0.2) is 4.79 Å². The second-order valence-electron chi connectivity index (χ2n) is 5.08. The summed E-state index contributed by atoms with van der Waals surface area (Å²) in [5.41, 5.74) is 1.41. The van der Waals surface area contributed by atoms with E-state index in [0.29, 0.717) is 12.5 Å². The van der Waals surface area contributed by atoms with E-state index in [2.05, 4.69) is 34.9 Å². The molecule has 0 heterocycles. The fraction of sp³-hybridized carbons (Fsp3) is 0.533. The second-order valence-corrected chi connectivity index (χ2v) is 5.08. The summed E-state index contributed by atoms with van der Waals surface area (Å²) in [6, 6.07) is 10.7. The third-order valence-electron chi connectivity index (χ3n) is 3.73. The minimum atomic E-state index is -0.169. The van der Waals surface area contributed by atoms with Crippen molar-refractivity contribution in [2.24, 2.45) is 0 Å². The minimum absolute atomic E-state index is 0.0197. The van der Waals surface area contributed by atoms with Crippen molar-refractivity contribution in [3.63, 3.8) is 0 Å². The minimum Gasteiger partial charge on any atom is -0.395 e. The topological polar surface area (TPSA) is 61.4 Å². The largest absolute Gasteiger partial charge is 0.395 e. The lowest BCUT2D eigenvalue weighted by Crippen LogP contribution is -2.44. The molecule has 2 rings (SSSR count). The van der Waals surface area contributed by atoms with Crippen molar-refractivity contribution >= 4 is 6.03 Å². The maximum absolute atomic E-state index is 11.5. The second kappa shape index (κ2) is 7.14. The number of rotatable bonds is 4. The molecule has 0 aliphatic heterocycles. The lowest BCUT2D eigenvalue weighted by atomic mass is 9.82. The Kier molecular flexibility index (Phi) is 5.21. The van der Waals surface area contributed by atoms with Gasteiger partial charge in [0, 0.05) is 12.6 Å². The number of benzene rings is 1. The predicted octanol–water partition coefficient (Wildman–Crippen LogP) is 2.00. The zero-order valence-corrected chi connectivity index (χ0v) is 11.1. The fourth-order valence-corrected chi connectivity index (χ4v) is 2.70. The molecule has 1 aliphatic carbocycles. The molecule has 1 fully saturated rings. The molecule has 3 N–H and O–H groups in total. The summed E-state index contributed by atoms with van der Waals surface area (Å²) in [4.78, 5) is 11.5. The summed E-state index contributed by atoms with van der Waals surface area (Å²) in [6.07, 6.45) is 4.28. The van der Waals surface area contributed by atoms with Crippen LogP contribution in [0.1, 0.15) is 37.2 Å². The first-order valence-corrected chi connectivity index (χ1v) is 6.99. The first-order chi connectivity index (χ1) is 9.29. The van der Waals surface area contributed by atoms with Gasteiger partial charge in [0.15, 0.2) is 0 Å². The van der Waals surface area contributed by atoms with Crippen molar-refractivity contribution in [1.29, 1.82) is 0 Å². The number of aliphatic hydroxyl groups excluding tert-OH is 1. The van der Waals surface area contributed by atoms with E-state index in [1.165, 1.54) is 5.56 Å². The van der Waals surface area contributed by atoms with E-state index in [4.69, 9.17) is 5.11 Å². The number of carbonyl (C=O) groups is 1. The number of carbonyl (C=O) groups excluding carboxylic acids is 1. The summed E-state index contributed by atoms with van der Waals surface area (Å²) in [5.74, 6) is 0.625. The van der Waals surface area contributed by atoms with E-state index in [1.54, 1.807) is 0 Å². The molecule has 0 radical (unpaired) electrons. The van der Waals surface area contributed by atoms with Gasteiger partial charge < -0.3 is 15.7 Å². The lowest BCUT2D eigenvalue weighted by molar-refractivity contribution is 0.225. The first kappa shape index (κ1) is 13.9. The Bertz CT molecular complexity index is 386. The van der Waals surface area contributed by atoms with E-state index in [-0.39, 0.29) is 18.7 Å². The molecule has 0 unspecified atom stereocenters. The number of amides is 2. The molecule has 19 heavy (non-hydrogen) atoms. The van der Waals surface area contributed by atoms with Crippen molar-refractivity contribution in [2.45, 2.75) is 37.6 Å². The van der Waals surface area contributed by atoms with Crippen LogP contribution in [0.5, 0.6) is 0 Å². The zero-order valence-electron chi connectivity index (χ0n) is 11.1. The molecule has 104 valence electrons. The van der Waals surface area contributed by atoms with Crippen LogP contribution in [0.25, 0.3) is 0 Å². The van der Waals surface area contributed by atoms with Crippen molar-refractivity contribution in [1.82, 2.24) is 10.6 Å². The smallest absolute Gasteiger partial charge is 0.315 e. The van der Waals surface area contributed by atoms with Crippen LogP contribution < -0.4 is 10.6 Å². The highest BCUT2D eigenvalue weighted by Crippen LogP contribution is 2.32. The molecule has 0 aromatic heterocycles. The van der Waals surface area contributed by atoms with Crippen LogP contribution in [-0.4, -0.2) is 30.3 Å². The number of aliphatic hydroxyl groups is 1. The van der Waals surface area contributed by atoms with Crippen LogP contribution in [-0.2, 0) is 0 Å². The van der Waals surface area contributed by atoms with Crippen LogP contribution >= 0.6 is 0 Å². The van der Waals surface area contributed by atoms with Gasteiger partial charge in [0.2, 0.25) is 0 Å². The van der Waals surface area contributed by atoms with Crippen LogP contribution in [0.4, 0.5) is 4.79 Å². The SMILES string of the molecule is O=C(NCCO)NC1CCC(c2ccccc2)CC1. The summed E-state index contributed by atoms with van der Waals surface area (Å²) in [5, 5.41) is 14.2. The van der Waals surface area contributed by atoms with Gasteiger partial charge in [0.05, 0.1) is 6.61 Å². The Balaban J connectivity index is 1.75. The number of nitrogens with one attached hydrogen (secondary N) is 2. The Hall–Kier alpha value is -1.55. The molecule has 0 atom stereocenters. The maximum Gasteiger partial charge on any atom is 0.315 e. The number of hydrogen-bond acceptors (Lipinski definition) is 2. The van der Waals surface area contributed by atoms with Gasteiger partial charge in [-0.05, 0) is 37.2 Å². The van der Waals surface area contributed by atoms with Crippen LogP contribution in [0.2, 0.25) is 0 Å². The molecule has 1 aromatic rings. The number of hydrogen-bond donors (Lipinski definition) is 3. The van der Waals surface area contributed by atoms with Gasteiger partial charge >= 0.3 is 6.03 Å². The monoisotopic (exact) mass is 262 g/mol. The van der Waals surface area contributed by atoms with Crippen molar-refractivity contribution < 1.29 is 9.90 Å². The molecule has 1 aromatic carbocycles. The van der Waals surface area contributed by atoms with Crippen molar-refractivity contribution in [2.75, 3.05) is 13.2 Å². The normalized spacial score (nSPS) is 22.8. The predicted molar refractivity (Wildman–Crippen MR) is 75.1 cm³/mol. The molecule has 0 saturated heterocycles. The van der Waals surface area contributed by atoms with E-state index >= 15 is 0 Å². The molecule has 4 heteroatoms. The van der Waals surface area contributed by atoms with Gasteiger partial charge in [0.25, 0.3) is 0 Å². The lowest BCUT2D eigenvalue weighted by Gasteiger charge is -2.29. The van der Waals surface area contributed by atoms with Gasteiger partial charge in [-0.3, -0.25) is 0 Å². The van der Waals surface area contributed by atoms with E-state index in [0.717, 1.165) is 25.7 Å². The third-order valence-corrected chi connectivity index (χ3v) is 3.73. The quantitative estimate of drug-likeness (QED) is 0.777. The van der Waals surface area contributed by atoms with Gasteiger partial charge in [-0.2, -0.15) is 0 Å². The average Bonchev–Trinajstić information content (AvgIpc) is 2.47. The molecule has 2 amide bonds. The maximum atomic E-state index is 11.5. The molecular formula is C15H22N2O2.